The molecule has 124 valence electrons. The normalized spacial score (nSPS) is 23.6. The lowest BCUT2D eigenvalue weighted by molar-refractivity contribution is 0.0585. The predicted molar refractivity (Wildman–Crippen MR) is 86.9 cm³/mol. The molecule has 0 aromatic carbocycles. The summed E-state index contributed by atoms with van der Waals surface area (Å²) >= 11 is 0. The Labute approximate surface area is 136 Å². The quantitative estimate of drug-likeness (QED) is 0.833. The van der Waals surface area contributed by atoms with Gasteiger partial charge in [0.05, 0.1) is 5.56 Å². The van der Waals surface area contributed by atoms with Crippen LogP contribution in [0.4, 0.5) is 10.6 Å². The van der Waals surface area contributed by atoms with E-state index < -0.39 is 0 Å². The van der Waals surface area contributed by atoms with E-state index in [9.17, 15) is 9.59 Å². The van der Waals surface area contributed by atoms with Crippen LogP contribution in [0.15, 0.2) is 18.3 Å². The van der Waals surface area contributed by atoms with Gasteiger partial charge in [-0.05, 0) is 30.9 Å². The Morgan fingerprint density at radius 1 is 1.22 bits per heavy atom. The highest BCUT2D eigenvalue weighted by Gasteiger charge is 2.39. The monoisotopic (exact) mass is 317 g/mol. The van der Waals surface area contributed by atoms with Crippen molar-refractivity contribution in [2.45, 2.75) is 18.9 Å². The summed E-state index contributed by atoms with van der Waals surface area (Å²) in [5.74, 6) is 0.719. The summed E-state index contributed by atoms with van der Waals surface area (Å²) in [5, 5.41) is 0. The van der Waals surface area contributed by atoms with Gasteiger partial charge in [0.2, 0.25) is 0 Å². The van der Waals surface area contributed by atoms with Crippen molar-refractivity contribution in [2.24, 2.45) is 5.92 Å². The third-order valence-corrected chi connectivity index (χ3v) is 4.66. The van der Waals surface area contributed by atoms with Crippen molar-refractivity contribution < 1.29 is 9.59 Å². The van der Waals surface area contributed by atoms with Crippen molar-refractivity contribution in [3.05, 3.63) is 23.9 Å². The topological polar surface area (TPSA) is 82.8 Å². The lowest BCUT2D eigenvalue weighted by Crippen LogP contribution is -2.48. The van der Waals surface area contributed by atoms with E-state index >= 15 is 0 Å². The van der Waals surface area contributed by atoms with E-state index in [1.54, 1.807) is 31.1 Å². The van der Waals surface area contributed by atoms with Gasteiger partial charge in [0.15, 0.2) is 0 Å². The number of amides is 3. The average Bonchev–Trinajstić information content (AvgIpc) is 2.85. The number of rotatable bonds is 1. The number of aromatic nitrogens is 1. The summed E-state index contributed by atoms with van der Waals surface area (Å²) in [6, 6.07) is 3.45. The number of nitrogens with two attached hydrogens (primary N) is 1. The van der Waals surface area contributed by atoms with E-state index in [2.05, 4.69) is 4.98 Å². The molecule has 3 fully saturated rings. The maximum atomic E-state index is 12.8. The first-order valence-electron chi connectivity index (χ1n) is 7.94. The van der Waals surface area contributed by atoms with Crippen LogP contribution in [-0.4, -0.2) is 71.4 Å². The van der Waals surface area contributed by atoms with Crippen LogP contribution in [0.25, 0.3) is 0 Å². The number of carbonyl (C=O) groups is 2. The van der Waals surface area contributed by atoms with Crippen LogP contribution in [-0.2, 0) is 0 Å². The van der Waals surface area contributed by atoms with Crippen molar-refractivity contribution in [1.82, 2.24) is 19.7 Å². The molecule has 2 atom stereocenters. The maximum absolute atomic E-state index is 12.8. The first-order chi connectivity index (χ1) is 11.0. The zero-order valence-corrected chi connectivity index (χ0v) is 13.6. The van der Waals surface area contributed by atoms with Crippen molar-refractivity contribution in [1.29, 1.82) is 0 Å². The summed E-state index contributed by atoms with van der Waals surface area (Å²) in [6.45, 7) is 2.02. The SMILES string of the molecule is CN(C)C(=O)N1C[C@H]2CC[C@@H](C1)N(C(=O)c1ccc(N)nc1)C2. The number of anilines is 1. The fourth-order valence-electron chi connectivity index (χ4n) is 3.47. The van der Waals surface area contributed by atoms with Crippen LogP contribution >= 0.6 is 0 Å². The first kappa shape index (κ1) is 15.6. The molecule has 0 spiro atoms. The van der Waals surface area contributed by atoms with Gasteiger partial charge >= 0.3 is 6.03 Å². The highest BCUT2D eigenvalue weighted by molar-refractivity contribution is 5.94. The van der Waals surface area contributed by atoms with Crippen LogP contribution in [0.1, 0.15) is 23.2 Å². The molecule has 2 bridgehead atoms. The molecule has 4 heterocycles. The van der Waals surface area contributed by atoms with Gasteiger partial charge in [-0.15, -0.1) is 0 Å². The standard InChI is InChI=1S/C16H23N5O2/c1-19(2)16(23)20-8-11-3-5-13(10-20)21(9-11)15(22)12-4-6-14(17)18-7-12/h4,6-7,11,13H,3,5,8-10H2,1-2H3,(H2,17,18)/t11-,13+/m1/s1. The molecule has 3 aliphatic rings. The van der Waals surface area contributed by atoms with Gasteiger partial charge in [0.25, 0.3) is 5.91 Å². The van der Waals surface area contributed by atoms with E-state index in [4.69, 9.17) is 5.73 Å². The Hall–Kier alpha value is -2.31. The Bertz CT molecular complexity index is 601. The van der Waals surface area contributed by atoms with Gasteiger partial charge in [-0.2, -0.15) is 0 Å². The van der Waals surface area contributed by atoms with Gasteiger partial charge in [-0.3, -0.25) is 4.79 Å². The molecular formula is C16H23N5O2. The molecule has 1 aromatic rings. The highest BCUT2D eigenvalue weighted by atomic mass is 16.2. The van der Waals surface area contributed by atoms with Crippen LogP contribution in [0.5, 0.6) is 0 Å². The van der Waals surface area contributed by atoms with E-state index in [0.29, 0.717) is 30.4 Å². The molecule has 0 saturated carbocycles. The highest BCUT2D eigenvalue weighted by Crippen LogP contribution is 2.29. The Morgan fingerprint density at radius 2 is 2.00 bits per heavy atom. The molecule has 7 nitrogen and oxygen atoms in total. The Balaban J connectivity index is 1.79. The minimum absolute atomic E-state index is 0.0188. The van der Waals surface area contributed by atoms with Gasteiger partial charge in [0.1, 0.15) is 5.82 Å². The van der Waals surface area contributed by atoms with Gasteiger partial charge in [-0.25, -0.2) is 9.78 Å². The number of carbonyl (C=O) groups excluding carboxylic acids is 2. The van der Waals surface area contributed by atoms with E-state index in [1.807, 2.05) is 9.80 Å². The zero-order valence-electron chi connectivity index (χ0n) is 13.6. The second-order valence-electron chi connectivity index (χ2n) is 6.61. The first-order valence-corrected chi connectivity index (χ1v) is 7.94. The molecule has 0 aliphatic carbocycles. The minimum atomic E-state index is -0.0219. The summed E-state index contributed by atoms with van der Waals surface area (Å²) < 4.78 is 0. The molecule has 3 aliphatic heterocycles. The largest absolute Gasteiger partial charge is 0.384 e. The van der Waals surface area contributed by atoms with E-state index in [-0.39, 0.29) is 18.0 Å². The Morgan fingerprint density at radius 3 is 2.65 bits per heavy atom. The van der Waals surface area contributed by atoms with Crippen molar-refractivity contribution in [3.8, 4) is 0 Å². The number of hydrogen-bond donors (Lipinski definition) is 1. The molecule has 2 N–H and O–H groups in total. The van der Waals surface area contributed by atoms with Gasteiger partial charge < -0.3 is 20.4 Å². The molecule has 3 saturated heterocycles. The van der Waals surface area contributed by atoms with Crippen molar-refractivity contribution in [2.75, 3.05) is 39.5 Å². The average molecular weight is 317 g/mol. The van der Waals surface area contributed by atoms with E-state index in [0.717, 1.165) is 19.4 Å². The minimum Gasteiger partial charge on any atom is -0.384 e. The van der Waals surface area contributed by atoms with Crippen LogP contribution < -0.4 is 5.73 Å². The predicted octanol–water partition coefficient (Wildman–Crippen LogP) is 0.882. The summed E-state index contributed by atoms with van der Waals surface area (Å²) in [5.41, 5.74) is 6.14. The smallest absolute Gasteiger partial charge is 0.319 e. The number of piperidine rings is 1. The number of pyridine rings is 1. The lowest BCUT2D eigenvalue weighted by Gasteiger charge is -2.36. The fraction of sp³-hybridized carbons (Fsp3) is 0.562. The number of fused-ring (bicyclic) bond motifs is 4. The van der Waals surface area contributed by atoms with Crippen LogP contribution in [0.2, 0.25) is 0 Å². The molecule has 4 rings (SSSR count). The fourth-order valence-corrected chi connectivity index (χ4v) is 3.47. The molecule has 0 radical (unpaired) electrons. The second-order valence-corrected chi connectivity index (χ2v) is 6.61. The Kier molecular flexibility index (Phi) is 4.11. The summed E-state index contributed by atoms with van der Waals surface area (Å²) in [4.78, 5) is 34.5. The van der Waals surface area contributed by atoms with Crippen LogP contribution in [0.3, 0.4) is 0 Å². The number of urea groups is 1. The molecule has 3 amide bonds. The van der Waals surface area contributed by atoms with Crippen molar-refractivity contribution >= 4 is 17.8 Å². The lowest BCUT2D eigenvalue weighted by atomic mass is 9.94. The second kappa shape index (κ2) is 6.06. The molecule has 1 aromatic heterocycles. The van der Waals surface area contributed by atoms with Crippen LogP contribution in [0, 0.1) is 5.92 Å². The summed E-state index contributed by atoms with van der Waals surface area (Å²) in [7, 11) is 3.52. The molecule has 0 unspecified atom stereocenters. The van der Waals surface area contributed by atoms with Gasteiger partial charge in [-0.1, -0.05) is 0 Å². The van der Waals surface area contributed by atoms with Gasteiger partial charge in [0, 0.05) is 46.0 Å². The van der Waals surface area contributed by atoms with E-state index in [1.165, 1.54) is 6.20 Å². The third-order valence-electron chi connectivity index (χ3n) is 4.66. The third kappa shape index (κ3) is 3.09. The molecular weight excluding hydrogens is 294 g/mol. The maximum Gasteiger partial charge on any atom is 0.319 e. The zero-order chi connectivity index (χ0) is 16.6. The molecule has 23 heavy (non-hydrogen) atoms. The van der Waals surface area contributed by atoms with Crippen molar-refractivity contribution in [3.63, 3.8) is 0 Å². The number of nitrogen functional groups attached to an aromatic ring is 1. The number of nitrogens with zero attached hydrogens (tertiary/aromatic N) is 4. The summed E-state index contributed by atoms with van der Waals surface area (Å²) in [6.07, 6.45) is 3.53. The number of hydrogen-bond acceptors (Lipinski definition) is 4. The molecule has 7 heteroatoms.